The zero-order chi connectivity index (χ0) is 13.1. The number of piperazine rings is 1. The molecular weight excluding hydrogens is 227 g/mol. The molecule has 1 aliphatic rings. The Kier molecular flexibility index (Phi) is 4.40. The van der Waals surface area contributed by atoms with Crippen LogP contribution in [0.5, 0.6) is 0 Å². The number of nitrogens with zero attached hydrogens (tertiary/aromatic N) is 2. The average Bonchev–Trinajstić information content (AvgIpc) is 2.34. The van der Waals surface area contributed by atoms with Crippen molar-refractivity contribution in [1.29, 1.82) is 0 Å². The molecule has 2 rings (SSSR count). The van der Waals surface area contributed by atoms with Crippen LogP contribution in [0.25, 0.3) is 0 Å². The maximum absolute atomic E-state index is 9.17. The highest BCUT2D eigenvalue weighted by atomic mass is 16.4. The number of rotatable bonds is 3. The van der Waals surface area contributed by atoms with Crippen LogP contribution >= 0.6 is 0 Å². The molecule has 1 aromatic rings. The first-order valence-electron chi connectivity index (χ1n) is 6.44. The van der Waals surface area contributed by atoms with E-state index in [1.807, 2.05) is 18.2 Å². The lowest BCUT2D eigenvalue weighted by Gasteiger charge is -2.37. The molecule has 1 atom stereocenters. The van der Waals surface area contributed by atoms with Crippen LogP contribution in [-0.4, -0.2) is 59.7 Å². The molecule has 1 heterocycles. The third kappa shape index (κ3) is 3.33. The molecule has 1 aliphatic heterocycles. The van der Waals surface area contributed by atoms with Crippen molar-refractivity contribution in [3.8, 4) is 0 Å². The van der Waals surface area contributed by atoms with E-state index in [0.29, 0.717) is 11.5 Å². The lowest BCUT2D eigenvalue weighted by molar-refractivity contribution is 0.1000. The molecule has 0 aliphatic carbocycles. The molecule has 4 nitrogen and oxygen atoms in total. The molecule has 0 saturated carbocycles. The van der Waals surface area contributed by atoms with Gasteiger partial charge in [-0.1, -0.05) is 24.3 Å². The Morgan fingerprint density at radius 3 is 2.78 bits per heavy atom. The number of hydrogen-bond acceptors (Lipinski definition) is 4. The fourth-order valence-electron chi connectivity index (χ4n) is 2.38. The van der Waals surface area contributed by atoms with Crippen molar-refractivity contribution in [2.75, 3.05) is 26.7 Å². The van der Waals surface area contributed by atoms with Crippen LogP contribution in [0.3, 0.4) is 0 Å². The Morgan fingerprint density at radius 1 is 1.33 bits per heavy atom. The van der Waals surface area contributed by atoms with Gasteiger partial charge in [0, 0.05) is 32.2 Å². The summed E-state index contributed by atoms with van der Waals surface area (Å²) in [6.07, 6.45) is 0. The molecular formula is C13H21BN2O2. The van der Waals surface area contributed by atoms with Gasteiger partial charge in [-0.05, 0) is 25.0 Å². The highest BCUT2D eigenvalue weighted by Crippen LogP contribution is 2.10. The molecule has 1 aromatic carbocycles. The Bertz CT molecular complexity index is 400. The molecule has 0 spiro atoms. The molecule has 1 fully saturated rings. The van der Waals surface area contributed by atoms with E-state index in [1.54, 1.807) is 6.07 Å². The Hall–Kier alpha value is -0.875. The van der Waals surface area contributed by atoms with Crippen molar-refractivity contribution in [2.45, 2.75) is 19.5 Å². The highest BCUT2D eigenvalue weighted by molar-refractivity contribution is 6.58. The minimum atomic E-state index is -1.38. The van der Waals surface area contributed by atoms with Gasteiger partial charge in [-0.15, -0.1) is 0 Å². The Morgan fingerprint density at radius 2 is 2.11 bits per heavy atom. The van der Waals surface area contributed by atoms with Crippen LogP contribution in [0.1, 0.15) is 12.5 Å². The molecule has 0 bridgehead atoms. The number of hydrogen-bond donors (Lipinski definition) is 2. The van der Waals surface area contributed by atoms with Gasteiger partial charge in [-0.2, -0.15) is 0 Å². The zero-order valence-corrected chi connectivity index (χ0v) is 11.1. The van der Waals surface area contributed by atoms with Gasteiger partial charge < -0.3 is 14.9 Å². The van der Waals surface area contributed by atoms with E-state index in [9.17, 15) is 0 Å². The summed E-state index contributed by atoms with van der Waals surface area (Å²) in [6, 6.07) is 8.10. The largest absolute Gasteiger partial charge is 0.488 e. The van der Waals surface area contributed by atoms with Gasteiger partial charge in [0.2, 0.25) is 0 Å². The summed E-state index contributed by atoms with van der Waals surface area (Å²) in [5.41, 5.74) is 1.70. The topological polar surface area (TPSA) is 46.9 Å². The molecule has 1 unspecified atom stereocenters. The van der Waals surface area contributed by atoms with Crippen molar-refractivity contribution in [2.24, 2.45) is 0 Å². The lowest BCUT2D eigenvalue weighted by atomic mass is 9.79. The van der Waals surface area contributed by atoms with Crippen molar-refractivity contribution in [3.63, 3.8) is 0 Å². The second kappa shape index (κ2) is 5.84. The van der Waals surface area contributed by atoms with E-state index in [2.05, 4.69) is 23.8 Å². The Labute approximate surface area is 109 Å². The van der Waals surface area contributed by atoms with E-state index in [1.165, 1.54) is 0 Å². The first-order valence-corrected chi connectivity index (χ1v) is 6.44. The van der Waals surface area contributed by atoms with Crippen LogP contribution in [0.4, 0.5) is 0 Å². The van der Waals surface area contributed by atoms with Crippen molar-refractivity contribution in [1.82, 2.24) is 9.80 Å². The summed E-state index contributed by atoms with van der Waals surface area (Å²) in [4.78, 5) is 4.78. The first-order chi connectivity index (χ1) is 8.56. The van der Waals surface area contributed by atoms with E-state index in [0.717, 1.165) is 31.7 Å². The van der Waals surface area contributed by atoms with Crippen molar-refractivity contribution < 1.29 is 10.0 Å². The number of benzene rings is 1. The third-order valence-corrected chi connectivity index (χ3v) is 3.70. The third-order valence-electron chi connectivity index (χ3n) is 3.70. The fourth-order valence-corrected chi connectivity index (χ4v) is 2.38. The highest BCUT2D eigenvalue weighted by Gasteiger charge is 2.20. The zero-order valence-electron chi connectivity index (χ0n) is 11.1. The van der Waals surface area contributed by atoms with Crippen molar-refractivity contribution in [3.05, 3.63) is 29.8 Å². The minimum absolute atomic E-state index is 0.565. The second-order valence-corrected chi connectivity index (χ2v) is 5.18. The molecule has 5 heteroatoms. The van der Waals surface area contributed by atoms with E-state index in [4.69, 9.17) is 10.0 Å². The van der Waals surface area contributed by atoms with Crippen LogP contribution in [0, 0.1) is 0 Å². The molecule has 18 heavy (non-hydrogen) atoms. The summed E-state index contributed by atoms with van der Waals surface area (Å²) >= 11 is 0. The smallest absolute Gasteiger partial charge is 0.423 e. The summed E-state index contributed by atoms with van der Waals surface area (Å²) < 4.78 is 0. The second-order valence-electron chi connectivity index (χ2n) is 5.18. The van der Waals surface area contributed by atoms with Crippen molar-refractivity contribution >= 4 is 12.6 Å². The predicted molar refractivity (Wildman–Crippen MR) is 73.6 cm³/mol. The van der Waals surface area contributed by atoms with Crippen LogP contribution in [0.15, 0.2) is 24.3 Å². The lowest BCUT2D eigenvalue weighted by Crippen LogP contribution is -2.49. The maximum atomic E-state index is 9.17. The SMILES string of the molecule is CC1CN(Cc2cccc(B(O)O)c2)CCN1C. The normalized spacial score (nSPS) is 22.1. The van der Waals surface area contributed by atoms with Gasteiger partial charge in [-0.3, -0.25) is 4.90 Å². The Balaban J connectivity index is 1.99. The van der Waals surface area contributed by atoms with Crippen LogP contribution < -0.4 is 5.46 Å². The van der Waals surface area contributed by atoms with Gasteiger partial charge in [0.15, 0.2) is 0 Å². The molecule has 0 radical (unpaired) electrons. The summed E-state index contributed by atoms with van der Waals surface area (Å²) in [5, 5.41) is 18.3. The monoisotopic (exact) mass is 248 g/mol. The van der Waals surface area contributed by atoms with Gasteiger partial charge in [0.1, 0.15) is 0 Å². The molecule has 2 N–H and O–H groups in total. The van der Waals surface area contributed by atoms with E-state index in [-0.39, 0.29) is 0 Å². The fraction of sp³-hybridized carbons (Fsp3) is 0.538. The minimum Gasteiger partial charge on any atom is -0.423 e. The van der Waals surface area contributed by atoms with Crippen LogP contribution in [-0.2, 0) is 6.54 Å². The molecule has 0 amide bonds. The maximum Gasteiger partial charge on any atom is 0.488 e. The number of likely N-dealkylation sites (N-methyl/N-ethyl adjacent to an activating group) is 1. The van der Waals surface area contributed by atoms with Gasteiger partial charge in [-0.25, -0.2) is 0 Å². The van der Waals surface area contributed by atoms with Crippen LogP contribution in [0.2, 0.25) is 0 Å². The summed E-state index contributed by atoms with van der Waals surface area (Å²) in [5.74, 6) is 0. The molecule has 0 aromatic heterocycles. The van der Waals surface area contributed by atoms with Gasteiger partial charge >= 0.3 is 7.12 Å². The standard InChI is InChI=1S/C13H21BN2O2/c1-11-9-16(7-6-15(11)2)10-12-4-3-5-13(8-12)14(17)18/h3-5,8,11,17-18H,6-7,9-10H2,1-2H3. The quantitative estimate of drug-likeness (QED) is 0.708. The molecule has 98 valence electrons. The average molecular weight is 248 g/mol. The summed E-state index contributed by atoms with van der Waals surface area (Å²) in [6.45, 7) is 6.32. The van der Waals surface area contributed by atoms with E-state index < -0.39 is 7.12 Å². The predicted octanol–water partition coefficient (Wildman–Crippen LogP) is -0.498. The van der Waals surface area contributed by atoms with Gasteiger partial charge in [0.25, 0.3) is 0 Å². The molecule has 1 saturated heterocycles. The summed E-state index contributed by atoms with van der Waals surface area (Å²) in [7, 11) is 0.779. The van der Waals surface area contributed by atoms with Gasteiger partial charge in [0.05, 0.1) is 0 Å². The van der Waals surface area contributed by atoms with E-state index >= 15 is 0 Å². The first kappa shape index (κ1) is 13.6.